The second-order valence-electron chi connectivity index (χ2n) is 6.50. The van der Waals surface area contributed by atoms with Crippen LogP contribution in [0.5, 0.6) is 0 Å². The molecule has 0 bridgehead atoms. The number of ether oxygens (including phenoxy) is 1. The van der Waals surface area contributed by atoms with Crippen LogP contribution in [-0.4, -0.2) is 35.2 Å². The SMILES string of the molecule is CC(C)[C@@H]1CO[C@]23CC[C@@H](N)C[C@H]2CCC(=O)N13. The third-order valence-corrected chi connectivity index (χ3v) is 5.09. The molecule has 1 saturated carbocycles. The van der Waals surface area contributed by atoms with E-state index in [1.807, 2.05) is 0 Å². The van der Waals surface area contributed by atoms with Gasteiger partial charge in [-0.05, 0) is 31.6 Å². The first-order chi connectivity index (χ1) is 8.54. The van der Waals surface area contributed by atoms with E-state index in [1.54, 1.807) is 0 Å². The van der Waals surface area contributed by atoms with E-state index in [0.717, 1.165) is 25.7 Å². The molecule has 3 fully saturated rings. The summed E-state index contributed by atoms with van der Waals surface area (Å²) >= 11 is 0. The van der Waals surface area contributed by atoms with Crippen molar-refractivity contribution in [3.05, 3.63) is 0 Å². The minimum atomic E-state index is -0.305. The molecule has 0 unspecified atom stereocenters. The van der Waals surface area contributed by atoms with Crippen molar-refractivity contribution in [1.82, 2.24) is 4.90 Å². The van der Waals surface area contributed by atoms with Gasteiger partial charge in [-0.3, -0.25) is 4.79 Å². The Balaban J connectivity index is 1.93. The summed E-state index contributed by atoms with van der Waals surface area (Å²) in [5.74, 6) is 1.20. The van der Waals surface area contributed by atoms with Crippen molar-refractivity contribution in [3.8, 4) is 0 Å². The fourth-order valence-corrected chi connectivity index (χ4v) is 4.07. The Morgan fingerprint density at radius 2 is 2.22 bits per heavy atom. The van der Waals surface area contributed by atoms with Gasteiger partial charge in [-0.15, -0.1) is 0 Å². The predicted molar refractivity (Wildman–Crippen MR) is 68.7 cm³/mol. The molecule has 3 aliphatic rings. The number of hydrogen-bond donors (Lipinski definition) is 1. The molecule has 102 valence electrons. The summed E-state index contributed by atoms with van der Waals surface area (Å²) in [6.45, 7) is 5.06. The molecule has 2 saturated heterocycles. The zero-order valence-corrected chi connectivity index (χ0v) is 11.4. The van der Waals surface area contributed by atoms with Gasteiger partial charge in [0.05, 0.1) is 12.6 Å². The van der Waals surface area contributed by atoms with Gasteiger partial charge in [-0.1, -0.05) is 13.8 Å². The molecule has 0 aromatic heterocycles. The summed E-state index contributed by atoms with van der Waals surface area (Å²) in [5, 5.41) is 0. The molecule has 1 aliphatic carbocycles. The van der Waals surface area contributed by atoms with E-state index < -0.39 is 0 Å². The van der Waals surface area contributed by atoms with Crippen molar-refractivity contribution < 1.29 is 9.53 Å². The Kier molecular flexibility index (Phi) is 2.90. The summed E-state index contributed by atoms with van der Waals surface area (Å²) in [6, 6.07) is 0.548. The average Bonchev–Trinajstić information content (AvgIpc) is 2.71. The largest absolute Gasteiger partial charge is 0.353 e. The zero-order chi connectivity index (χ0) is 12.9. The van der Waals surface area contributed by atoms with Crippen LogP contribution in [0.2, 0.25) is 0 Å². The van der Waals surface area contributed by atoms with Crippen molar-refractivity contribution in [2.45, 2.75) is 63.8 Å². The van der Waals surface area contributed by atoms with Gasteiger partial charge in [0.25, 0.3) is 0 Å². The lowest BCUT2D eigenvalue weighted by Crippen LogP contribution is -2.62. The van der Waals surface area contributed by atoms with Crippen molar-refractivity contribution in [2.75, 3.05) is 6.61 Å². The standard InChI is InChI=1S/C14H24N2O2/c1-9(2)12-8-18-14-6-5-11(15)7-10(14)3-4-13(17)16(12)14/h9-12H,3-8,15H2,1-2H3/t10-,11-,12+,14-/m1/s1. The van der Waals surface area contributed by atoms with Gasteiger partial charge in [0.2, 0.25) is 5.91 Å². The predicted octanol–water partition coefficient (Wildman–Crippen LogP) is 1.49. The number of nitrogens with zero attached hydrogens (tertiary/aromatic N) is 1. The van der Waals surface area contributed by atoms with Gasteiger partial charge in [0.1, 0.15) is 5.72 Å². The number of carbonyl (C=O) groups is 1. The van der Waals surface area contributed by atoms with Crippen LogP contribution < -0.4 is 5.73 Å². The first kappa shape index (κ1) is 12.4. The van der Waals surface area contributed by atoms with Crippen LogP contribution in [0, 0.1) is 11.8 Å². The summed E-state index contributed by atoms with van der Waals surface area (Å²) < 4.78 is 6.19. The van der Waals surface area contributed by atoms with E-state index in [9.17, 15) is 4.79 Å². The van der Waals surface area contributed by atoms with Gasteiger partial charge in [0, 0.05) is 18.4 Å². The van der Waals surface area contributed by atoms with Gasteiger partial charge < -0.3 is 15.4 Å². The average molecular weight is 252 g/mol. The maximum Gasteiger partial charge on any atom is 0.225 e. The molecule has 0 radical (unpaired) electrons. The highest BCUT2D eigenvalue weighted by Gasteiger charge is 2.58. The van der Waals surface area contributed by atoms with E-state index >= 15 is 0 Å². The van der Waals surface area contributed by atoms with E-state index in [0.29, 0.717) is 24.9 Å². The molecule has 2 aliphatic heterocycles. The fourth-order valence-electron chi connectivity index (χ4n) is 4.07. The van der Waals surface area contributed by atoms with Crippen LogP contribution in [0.3, 0.4) is 0 Å². The molecule has 3 rings (SSSR count). The molecule has 4 nitrogen and oxygen atoms in total. The monoisotopic (exact) mass is 252 g/mol. The van der Waals surface area contributed by atoms with Gasteiger partial charge >= 0.3 is 0 Å². The molecule has 0 aromatic carbocycles. The van der Waals surface area contributed by atoms with Gasteiger partial charge in [0.15, 0.2) is 0 Å². The minimum absolute atomic E-state index is 0.259. The summed E-state index contributed by atoms with van der Waals surface area (Å²) in [7, 11) is 0. The Labute approximate surface area is 109 Å². The minimum Gasteiger partial charge on any atom is -0.353 e. The first-order valence-corrected chi connectivity index (χ1v) is 7.26. The van der Waals surface area contributed by atoms with Gasteiger partial charge in [-0.2, -0.15) is 0 Å². The van der Waals surface area contributed by atoms with Crippen molar-refractivity contribution in [2.24, 2.45) is 17.6 Å². The second-order valence-corrected chi connectivity index (χ2v) is 6.50. The molecule has 1 amide bonds. The summed E-state index contributed by atoms with van der Waals surface area (Å²) in [6.07, 6.45) is 4.53. The van der Waals surface area contributed by atoms with Crippen LogP contribution in [0.1, 0.15) is 46.0 Å². The molecule has 4 atom stereocenters. The molecular weight excluding hydrogens is 228 g/mol. The molecule has 2 N–H and O–H groups in total. The highest BCUT2D eigenvalue weighted by atomic mass is 16.5. The second kappa shape index (κ2) is 4.20. The van der Waals surface area contributed by atoms with Crippen molar-refractivity contribution in [3.63, 3.8) is 0 Å². The van der Waals surface area contributed by atoms with Crippen LogP contribution in [-0.2, 0) is 9.53 Å². The fraction of sp³-hybridized carbons (Fsp3) is 0.929. The third-order valence-electron chi connectivity index (χ3n) is 5.09. The van der Waals surface area contributed by atoms with Crippen molar-refractivity contribution >= 4 is 5.91 Å². The quantitative estimate of drug-likeness (QED) is 0.769. The molecule has 18 heavy (non-hydrogen) atoms. The van der Waals surface area contributed by atoms with Gasteiger partial charge in [-0.25, -0.2) is 0 Å². The molecule has 4 heteroatoms. The Bertz CT molecular complexity index is 358. The summed E-state index contributed by atoms with van der Waals surface area (Å²) in [5.41, 5.74) is 5.79. The Morgan fingerprint density at radius 1 is 1.44 bits per heavy atom. The lowest BCUT2D eigenvalue weighted by atomic mass is 9.73. The number of hydrogen-bond acceptors (Lipinski definition) is 3. The lowest BCUT2D eigenvalue weighted by Gasteiger charge is -2.52. The normalized spacial score (nSPS) is 44.1. The molecule has 2 heterocycles. The number of piperidine rings is 1. The maximum absolute atomic E-state index is 12.3. The van der Waals surface area contributed by atoms with E-state index in [4.69, 9.17) is 10.5 Å². The van der Waals surface area contributed by atoms with E-state index in [2.05, 4.69) is 18.7 Å². The third kappa shape index (κ3) is 1.62. The number of nitrogens with two attached hydrogens (primary N) is 1. The van der Waals surface area contributed by atoms with E-state index in [-0.39, 0.29) is 23.7 Å². The van der Waals surface area contributed by atoms with Crippen LogP contribution in [0.4, 0.5) is 0 Å². The molecule has 1 spiro atoms. The maximum atomic E-state index is 12.3. The summed E-state index contributed by atoms with van der Waals surface area (Å²) in [4.78, 5) is 14.4. The van der Waals surface area contributed by atoms with Crippen molar-refractivity contribution in [1.29, 1.82) is 0 Å². The lowest BCUT2D eigenvalue weighted by molar-refractivity contribution is -0.187. The Hall–Kier alpha value is -0.610. The van der Waals surface area contributed by atoms with E-state index in [1.165, 1.54) is 0 Å². The van der Waals surface area contributed by atoms with Crippen LogP contribution >= 0.6 is 0 Å². The van der Waals surface area contributed by atoms with Crippen LogP contribution in [0.25, 0.3) is 0 Å². The first-order valence-electron chi connectivity index (χ1n) is 7.26. The highest BCUT2D eigenvalue weighted by molar-refractivity contribution is 5.78. The topological polar surface area (TPSA) is 55.6 Å². The number of amides is 1. The zero-order valence-electron chi connectivity index (χ0n) is 11.4. The number of carbonyl (C=O) groups excluding carboxylic acids is 1. The smallest absolute Gasteiger partial charge is 0.225 e. The highest BCUT2D eigenvalue weighted by Crippen LogP contribution is 2.49. The Morgan fingerprint density at radius 3 is 2.94 bits per heavy atom. The number of rotatable bonds is 1. The van der Waals surface area contributed by atoms with Crippen LogP contribution in [0.15, 0.2) is 0 Å². The molecular formula is C14H24N2O2. The molecule has 0 aromatic rings.